The number of hydrogen-bond donors (Lipinski definition) is 1. The summed E-state index contributed by atoms with van der Waals surface area (Å²) in [5.41, 5.74) is 6.32. The first-order chi connectivity index (χ1) is 14.8. The smallest absolute Gasteiger partial charge is 0.191 e. The number of fused-ring (bicyclic) bond motifs is 1. The van der Waals surface area contributed by atoms with Gasteiger partial charge in [0.25, 0.3) is 0 Å². The van der Waals surface area contributed by atoms with Crippen LogP contribution in [0.5, 0.6) is 5.75 Å². The maximum atomic E-state index is 12.5. The van der Waals surface area contributed by atoms with Gasteiger partial charge in [-0.2, -0.15) is 0 Å². The highest BCUT2D eigenvalue weighted by atomic mass is 32.2. The summed E-state index contributed by atoms with van der Waals surface area (Å²) < 4.78 is 7.90. The van der Waals surface area contributed by atoms with Crippen LogP contribution < -0.4 is 10.2 Å². The predicted octanol–water partition coefficient (Wildman–Crippen LogP) is 4.76. The highest BCUT2D eigenvalue weighted by Crippen LogP contribution is 2.24. The van der Waals surface area contributed by atoms with Gasteiger partial charge in [0.15, 0.2) is 16.4 Å². The van der Waals surface area contributed by atoms with Crippen molar-refractivity contribution in [3.8, 4) is 5.75 Å². The van der Waals surface area contributed by atoms with Crippen molar-refractivity contribution in [1.29, 1.82) is 0 Å². The topological polar surface area (TPSA) is 72.8 Å². The van der Waals surface area contributed by atoms with Crippen molar-refractivity contribution in [3.05, 3.63) is 80.4 Å². The van der Waals surface area contributed by atoms with Crippen LogP contribution in [-0.2, 0) is 19.4 Å². The van der Waals surface area contributed by atoms with Crippen LogP contribution in [0.1, 0.15) is 33.8 Å². The van der Waals surface area contributed by atoms with E-state index in [9.17, 15) is 4.79 Å². The number of pyridine rings is 1. The number of aromatic nitrogens is 4. The number of thioether (sulfide) groups is 1. The van der Waals surface area contributed by atoms with Gasteiger partial charge in [-0.1, -0.05) is 30.0 Å². The Morgan fingerprint density at radius 2 is 1.81 bits per heavy atom. The highest BCUT2D eigenvalue weighted by Gasteiger charge is 2.12. The lowest BCUT2D eigenvalue weighted by atomic mass is 10.0. The van der Waals surface area contributed by atoms with Gasteiger partial charge >= 0.3 is 0 Å². The fourth-order valence-electron chi connectivity index (χ4n) is 3.44. The third kappa shape index (κ3) is 4.37. The van der Waals surface area contributed by atoms with Crippen LogP contribution in [0.25, 0.3) is 10.9 Å². The van der Waals surface area contributed by atoms with E-state index in [0.29, 0.717) is 12.4 Å². The Balaban J connectivity index is 1.49. The Bertz CT molecular complexity index is 1320. The van der Waals surface area contributed by atoms with Crippen LogP contribution >= 0.6 is 11.8 Å². The fourth-order valence-corrected chi connectivity index (χ4v) is 4.27. The van der Waals surface area contributed by atoms with Crippen molar-refractivity contribution in [2.24, 2.45) is 7.05 Å². The summed E-state index contributed by atoms with van der Waals surface area (Å²) in [7, 11) is 1.93. The highest BCUT2D eigenvalue weighted by molar-refractivity contribution is 7.98. The molecule has 0 bridgehead atoms. The molecule has 0 aliphatic heterocycles. The Hall–Kier alpha value is -3.06. The normalized spacial score (nSPS) is 11.3. The minimum absolute atomic E-state index is 0.0352. The van der Waals surface area contributed by atoms with Crippen LogP contribution in [0.3, 0.4) is 0 Å². The molecular weight excluding hydrogens is 408 g/mol. The number of nitrogens with one attached hydrogen (secondary N) is 1. The summed E-state index contributed by atoms with van der Waals surface area (Å²) in [6, 6.07) is 11.7. The molecule has 4 aromatic rings. The Morgan fingerprint density at radius 1 is 1.03 bits per heavy atom. The van der Waals surface area contributed by atoms with Crippen LogP contribution in [0, 0.1) is 27.7 Å². The van der Waals surface area contributed by atoms with Crippen molar-refractivity contribution in [2.75, 3.05) is 0 Å². The van der Waals surface area contributed by atoms with E-state index in [1.807, 2.05) is 50.6 Å². The second-order valence-corrected chi connectivity index (χ2v) is 8.84. The molecule has 6 nitrogen and oxygen atoms in total. The molecule has 0 saturated carbocycles. The van der Waals surface area contributed by atoms with Gasteiger partial charge in [-0.15, -0.1) is 10.2 Å². The van der Waals surface area contributed by atoms with E-state index in [2.05, 4.69) is 34.2 Å². The van der Waals surface area contributed by atoms with Crippen molar-refractivity contribution in [3.63, 3.8) is 0 Å². The van der Waals surface area contributed by atoms with E-state index in [4.69, 9.17) is 4.74 Å². The van der Waals surface area contributed by atoms with Gasteiger partial charge in [0.1, 0.15) is 12.4 Å². The lowest BCUT2D eigenvalue weighted by molar-refractivity contribution is 0.288. The third-order valence-electron chi connectivity index (χ3n) is 5.57. The molecule has 2 aromatic carbocycles. The summed E-state index contributed by atoms with van der Waals surface area (Å²) in [6.45, 7) is 8.51. The Labute approximate surface area is 185 Å². The molecule has 0 unspecified atom stereocenters. The van der Waals surface area contributed by atoms with Gasteiger partial charge in [0.05, 0.1) is 5.52 Å². The fraction of sp³-hybridized carbons (Fsp3) is 0.292. The minimum Gasteiger partial charge on any atom is -0.485 e. The molecule has 7 heteroatoms. The van der Waals surface area contributed by atoms with Gasteiger partial charge in [-0.25, -0.2) is 0 Å². The van der Waals surface area contributed by atoms with Gasteiger partial charge < -0.3 is 14.3 Å². The summed E-state index contributed by atoms with van der Waals surface area (Å²) in [4.78, 5) is 16.0. The maximum absolute atomic E-state index is 12.5. The van der Waals surface area contributed by atoms with E-state index >= 15 is 0 Å². The zero-order chi connectivity index (χ0) is 22.1. The maximum Gasteiger partial charge on any atom is 0.191 e. The van der Waals surface area contributed by atoms with E-state index < -0.39 is 0 Å². The molecule has 0 aliphatic carbocycles. The standard InChI is InChI=1S/C24H26N4O2S/c1-14-6-7-16(3)21(10-14)30-12-22-26-27-24(28(22)5)31-13-18-11-20(29)19-9-8-15(2)17(4)23(19)25-18/h6-11H,12-13H2,1-5H3,(H,25,29). The monoisotopic (exact) mass is 434 g/mol. The molecule has 0 saturated heterocycles. The molecular formula is C24H26N4O2S. The predicted molar refractivity (Wildman–Crippen MR) is 125 cm³/mol. The van der Waals surface area contributed by atoms with Gasteiger partial charge in [-0.3, -0.25) is 4.79 Å². The number of benzene rings is 2. The van der Waals surface area contributed by atoms with E-state index in [1.54, 1.807) is 6.07 Å². The zero-order valence-electron chi connectivity index (χ0n) is 18.4. The van der Waals surface area contributed by atoms with Crippen molar-refractivity contribution in [2.45, 2.75) is 45.2 Å². The molecule has 1 N–H and O–H groups in total. The zero-order valence-corrected chi connectivity index (χ0v) is 19.3. The van der Waals surface area contributed by atoms with Crippen molar-refractivity contribution < 1.29 is 4.74 Å². The quantitative estimate of drug-likeness (QED) is 0.443. The summed E-state index contributed by atoms with van der Waals surface area (Å²) in [5.74, 6) is 2.21. The molecule has 4 rings (SSSR count). The molecule has 0 radical (unpaired) electrons. The Kier molecular flexibility index (Phi) is 5.87. The van der Waals surface area contributed by atoms with Gasteiger partial charge in [0.2, 0.25) is 0 Å². The molecule has 0 spiro atoms. The number of nitrogens with zero attached hydrogens (tertiary/aromatic N) is 3. The lowest BCUT2D eigenvalue weighted by Crippen LogP contribution is -2.07. The SMILES string of the molecule is Cc1ccc(C)c(OCc2nnc(SCc3cc(=O)c4ccc(C)c(C)c4[nH]3)n2C)c1. The third-order valence-corrected chi connectivity index (χ3v) is 6.64. The number of ether oxygens (including phenoxy) is 1. The molecule has 160 valence electrons. The van der Waals surface area contributed by atoms with Gasteiger partial charge in [0, 0.05) is 29.9 Å². The summed E-state index contributed by atoms with van der Waals surface area (Å²) >= 11 is 1.54. The van der Waals surface area contributed by atoms with E-state index in [1.165, 1.54) is 11.8 Å². The molecule has 2 heterocycles. The number of aromatic amines is 1. The number of hydrogen-bond acceptors (Lipinski definition) is 5. The second kappa shape index (κ2) is 8.59. The minimum atomic E-state index is 0.0352. The van der Waals surface area contributed by atoms with Crippen molar-refractivity contribution in [1.82, 2.24) is 19.7 Å². The number of aryl methyl sites for hydroxylation is 4. The van der Waals surface area contributed by atoms with Gasteiger partial charge in [-0.05, 0) is 62.1 Å². The van der Waals surface area contributed by atoms with Crippen LogP contribution in [0.4, 0.5) is 0 Å². The second-order valence-electron chi connectivity index (χ2n) is 7.89. The molecule has 0 amide bonds. The van der Waals surface area contributed by atoms with Crippen LogP contribution in [0.2, 0.25) is 0 Å². The van der Waals surface area contributed by atoms with Crippen molar-refractivity contribution >= 4 is 22.7 Å². The van der Waals surface area contributed by atoms with E-state index in [0.717, 1.165) is 55.6 Å². The molecule has 0 fully saturated rings. The molecule has 0 atom stereocenters. The lowest BCUT2D eigenvalue weighted by Gasteiger charge is -2.10. The van der Waals surface area contributed by atoms with Crippen LogP contribution in [-0.4, -0.2) is 19.7 Å². The van der Waals surface area contributed by atoms with E-state index in [-0.39, 0.29) is 5.43 Å². The largest absolute Gasteiger partial charge is 0.485 e. The molecule has 0 aliphatic rings. The summed E-state index contributed by atoms with van der Waals surface area (Å²) in [6.07, 6.45) is 0. The summed E-state index contributed by atoms with van der Waals surface area (Å²) in [5, 5.41) is 10.1. The molecule has 2 aromatic heterocycles. The van der Waals surface area contributed by atoms with Crippen LogP contribution in [0.15, 0.2) is 46.3 Å². The average molecular weight is 435 g/mol. The molecule has 31 heavy (non-hydrogen) atoms. The number of H-pyrrole nitrogens is 1. The first-order valence-electron chi connectivity index (χ1n) is 10.2. The Morgan fingerprint density at radius 3 is 2.61 bits per heavy atom. The average Bonchev–Trinajstić information content (AvgIpc) is 3.09. The first kappa shape index (κ1) is 21.2. The first-order valence-corrected chi connectivity index (χ1v) is 11.2. The number of rotatable bonds is 6.